The third-order valence-electron chi connectivity index (χ3n) is 4.01. The number of hydrogen-bond acceptors (Lipinski definition) is 4. The van der Waals surface area contributed by atoms with Crippen LogP contribution in [0.2, 0.25) is 0 Å². The maximum absolute atomic E-state index is 13.0. The molecule has 0 aromatic heterocycles. The van der Waals surface area contributed by atoms with E-state index in [2.05, 4.69) is 10.2 Å². The zero-order valence-corrected chi connectivity index (χ0v) is 12.4. The quantitative estimate of drug-likeness (QED) is 0.832. The number of nitrogens with one attached hydrogen (secondary N) is 1. The van der Waals surface area contributed by atoms with Crippen LogP contribution in [0.5, 0.6) is 0 Å². The van der Waals surface area contributed by atoms with E-state index in [0.717, 1.165) is 25.9 Å². The first-order chi connectivity index (χ1) is 10.0. The summed E-state index contributed by atoms with van der Waals surface area (Å²) >= 11 is 0. The Morgan fingerprint density at radius 2 is 2.14 bits per heavy atom. The average molecular weight is 295 g/mol. The van der Waals surface area contributed by atoms with Gasteiger partial charge in [-0.3, -0.25) is 9.69 Å². The van der Waals surface area contributed by atoms with E-state index in [1.807, 2.05) is 6.92 Å². The second kappa shape index (κ2) is 6.87. The lowest BCUT2D eigenvalue weighted by Crippen LogP contribution is -2.47. The van der Waals surface area contributed by atoms with Crippen LogP contribution in [0.15, 0.2) is 18.2 Å². The molecule has 0 spiro atoms. The number of nitrogen functional groups attached to an aromatic ring is 1. The molecule has 1 aromatic carbocycles. The molecule has 116 valence electrons. The minimum absolute atomic E-state index is 0.135. The standard InChI is InChI=1S/C15H22FN3O2/c1-10(19-7-5-12(21-2)6-8-19)15(20)18-14-4-3-11(16)9-13(14)17/h3-4,9-10,12H,5-8,17H2,1-2H3,(H,18,20). The van der Waals surface area contributed by atoms with Crippen LogP contribution in [0.1, 0.15) is 19.8 Å². The van der Waals surface area contributed by atoms with Gasteiger partial charge in [0.05, 0.1) is 23.5 Å². The van der Waals surface area contributed by atoms with E-state index in [1.54, 1.807) is 7.11 Å². The number of likely N-dealkylation sites (tertiary alicyclic amines) is 1. The normalized spacial score (nSPS) is 18.4. The van der Waals surface area contributed by atoms with Crippen LogP contribution in [-0.4, -0.2) is 43.2 Å². The van der Waals surface area contributed by atoms with Crippen molar-refractivity contribution >= 4 is 17.3 Å². The molecule has 1 atom stereocenters. The minimum atomic E-state index is -0.416. The number of benzene rings is 1. The van der Waals surface area contributed by atoms with E-state index in [4.69, 9.17) is 10.5 Å². The van der Waals surface area contributed by atoms with Gasteiger partial charge in [-0.15, -0.1) is 0 Å². The number of halogens is 1. The molecular formula is C15H22FN3O2. The third-order valence-corrected chi connectivity index (χ3v) is 4.01. The Hall–Kier alpha value is -1.66. The maximum Gasteiger partial charge on any atom is 0.241 e. The van der Waals surface area contributed by atoms with Crippen molar-refractivity contribution in [3.8, 4) is 0 Å². The fourth-order valence-corrected chi connectivity index (χ4v) is 2.55. The molecule has 1 aliphatic heterocycles. The molecule has 1 amide bonds. The highest BCUT2D eigenvalue weighted by atomic mass is 19.1. The molecule has 1 aromatic rings. The molecule has 0 radical (unpaired) electrons. The van der Waals surface area contributed by atoms with Gasteiger partial charge in [0.15, 0.2) is 0 Å². The molecule has 6 heteroatoms. The number of amides is 1. The average Bonchev–Trinajstić information content (AvgIpc) is 2.49. The molecule has 5 nitrogen and oxygen atoms in total. The van der Waals surface area contributed by atoms with E-state index in [1.165, 1.54) is 18.2 Å². The largest absolute Gasteiger partial charge is 0.397 e. The van der Waals surface area contributed by atoms with E-state index >= 15 is 0 Å². The predicted molar refractivity (Wildman–Crippen MR) is 80.5 cm³/mol. The Bertz CT molecular complexity index is 502. The maximum atomic E-state index is 13.0. The van der Waals surface area contributed by atoms with Gasteiger partial charge in [0.1, 0.15) is 5.82 Å². The van der Waals surface area contributed by atoms with Crippen molar-refractivity contribution in [2.24, 2.45) is 0 Å². The van der Waals surface area contributed by atoms with Crippen molar-refractivity contribution < 1.29 is 13.9 Å². The zero-order chi connectivity index (χ0) is 15.4. The number of anilines is 2. The summed E-state index contributed by atoms with van der Waals surface area (Å²) in [4.78, 5) is 14.4. The van der Waals surface area contributed by atoms with Gasteiger partial charge < -0.3 is 15.8 Å². The minimum Gasteiger partial charge on any atom is -0.397 e. The van der Waals surface area contributed by atoms with Gasteiger partial charge >= 0.3 is 0 Å². The van der Waals surface area contributed by atoms with Crippen LogP contribution >= 0.6 is 0 Å². The lowest BCUT2D eigenvalue weighted by molar-refractivity contribution is -0.121. The van der Waals surface area contributed by atoms with Gasteiger partial charge in [-0.1, -0.05) is 0 Å². The summed E-state index contributed by atoms with van der Waals surface area (Å²) in [6.45, 7) is 3.51. The molecule has 21 heavy (non-hydrogen) atoms. The van der Waals surface area contributed by atoms with Gasteiger partial charge in [0.2, 0.25) is 5.91 Å². The molecular weight excluding hydrogens is 273 g/mol. The first-order valence-electron chi connectivity index (χ1n) is 7.14. The van der Waals surface area contributed by atoms with E-state index in [9.17, 15) is 9.18 Å². The SMILES string of the molecule is COC1CCN(C(C)C(=O)Nc2ccc(F)cc2N)CC1. The molecule has 1 aliphatic rings. The lowest BCUT2D eigenvalue weighted by atomic mass is 10.1. The van der Waals surface area contributed by atoms with Crippen molar-refractivity contribution in [1.82, 2.24) is 4.90 Å². The number of methoxy groups -OCH3 is 1. The Morgan fingerprint density at radius 3 is 2.71 bits per heavy atom. The third kappa shape index (κ3) is 3.92. The van der Waals surface area contributed by atoms with Crippen LogP contribution in [0.4, 0.5) is 15.8 Å². The van der Waals surface area contributed by atoms with Gasteiger partial charge in [0.25, 0.3) is 0 Å². The number of hydrogen-bond donors (Lipinski definition) is 2. The summed E-state index contributed by atoms with van der Waals surface area (Å²) in [5, 5.41) is 2.76. The Labute approximate surface area is 124 Å². The van der Waals surface area contributed by atoms with Crippen LogP contribution < -0.4 is 11.1 Å². The number of ether oxygens (including phenoxy) is 1. The summed E-state index contributed by atoms with van der Waals surface area (Å²) in [5.74, 6) is -0.552. The van der Waals surface area contributed by atoms with E-state index in [0.29, 0.717) is 5.69 Å². The molecule has 0 bridgehead atoms. The predicted octanol–water partition coefficient (Wildman–Crippen LogP) is 1.85. The van der Waals surface area contributed by atoms with Crippen LogP contribution in [-0.2, 0) is 9.53 Å². The van der Waals surface area contributed by atoms with Crippen molar-refractivity contribution in [2.45, 2.75) is 31.9 Å². The molecule has 0 aliphatic carbocycles. The molecule has 0 saturated carbocycles. The van der Waals surface area contributed by atoms with Crippen LogP contribution in [0, 0.1) is 5.82 Å². The fourth-order valence-electron chi connectivity index (χ4n) is 2.55. The smallest absolute Gasteiger partial charge is 0.241 e. The fraction of sp³-hybridized carbons (Fsp3) is 0.533. The second-order valence-corrected chi connectivity index (χ2v) is 5.37. The highest BCUT2D eigenvalue weighted by Crippen LogP contribution is 2.21. The Kier molecular flexibility index (Phi) is 5.14. The van der Waals surface area contributed by atoms with Crippen molar-refractivity contribution in [1.29, 1.82) is 0 Å². The lowest BCUT2D eigenvalue weighted by Gasteiger charge is -2.34. The van der Waals surface area contributed by atoms with Crippen LogP contribution in [0.3, 0.4) is 0 Å². The number of carbonyl (C=O) groups is 1. The number of carbonyl (C=O) groups excluding carboxylic acids is 1. The summed E-state index contributed by atoms with van der Waals surface area (Å²) in [6, 6.07) is 3.70. The van der Waals surface area contributed by atoms with Gasteiger partial charge in [-0.2, -0.15) is 0 Å². The van der Waals surface area contributed by atoms with Gasteiger partial charge in [0, 0.05) is 20.2 Å². The first-order valence-corrected chi connectivity index (χ1v) is 7.14. The van der Waals surface area contributed by atoms with Gasteiger partial charge in [-0.25, -0.2) is 4.39 Å². The number of nitrogens with zero attached hydrogens (tertiary/aromatic N) is 1. The van der Waals surface area contributed by atoms with Crippen molar-refractivity contribution in [2.75, 3.05) is 31.2 Å². The van der Waals surface area contributed by atoms with E-state index in [-0.39, 0.29) is 23.7 Å². The molecule has 1 heterocycles. The zero-order valence-electron chi connectivity index (χ0n) is 12.4. The molecule has 3 N–H and O–H groups in total. The molecule has 2 rings (SSSR count). The van der Waals surface area contributed by atoms with Crippen molar-refractivity contribution in [3.63, 3.8) is 0 Å². The molecule has 1 saturated heterocycles. The van der Waals surface area contributed by atoms with Gasteiger partial charge in [-0.05, 0) is 38.0 Å². The highest BCUT2D eigenvalue weighted by molar-refractivity contribution is 5.97. The highest BCUT2D eigenvalue weighted by Gasteiger charge is 2.26. The van der Waals surface area contributed by atoms with E-state index < -0.39 is 5.82 Å². The summed E-state index contributed by atoms with van der Waals surface area (Å²) in [5.41, 5.74) is 6.37. The monoisotopic (exact) mass is 295 g/mol. The number of piperidine rings is 1. The van der Waals surface area contributed by atoms with Crippen molar-refractivity contribution in [3.05, 3.63) is 24.0 Å². The first kappa shape index (κ1) is 15.7. The second-order valence-electron chi connectivity index (χ2n) is 5.37. The number of rotatable bonds is 4. The van der Waals surface area contributed by atoms with Crippen LogP contribution in [0.25, 0.3) is 0 Å². The number of nitrogens with two attached hydrogens (primary N) is 1. The summed E-state index contributed by atoms with van der Waals surface area (Å²) in [7, 11) is 1.72. The Balaban J connectivity index is 1.93. The summed E-state index contributed by atoms with van der Waals surface area (Å²) in [6.07, 6.45) is 2.13. The Morgan fingerprint density at radius 1 is 1.48 bits per heavy atom. The summed E-state index contributed by atoms with van der Waals surface area (Å²) < 4.78 is 18.3. The molecule has 1 unspecified atom stereocenters. The topological polar surface area (TPSA) is 67.6 Å². The molecule has 1 fully saturated rings.